The molecule has 2 fully saturated rings. The van der Waals surface area contributed by atoms with Crippen LogP contribution in [-0.4, -0.2) is 43.7 Å². The van der Waals surface area contributed by atoms with Crippen LogP contribution in [0.1, 0.15) is 25.7 Å². The summed E-state index contributed by atoms with van der Waals surface area (Å²) in [5, 5.41) is 0. The number of ether oxygens (including phenoxy) is 1. The summed E-state index contributed by atoms with van der Waals surface area (Å²) in [6, 6.07) is 0.242. The normalized spacial score (nSPS) is 34.6. The molecule has 2 aliphatic rings. The first-order valence-electron chi connectivity index (χ1n) is 6.24. The highest BCUT2D eigenvalue weighted by Gasteiger charge is 2.34. The predicted molar refractivity (Wildman–Crippen MR) is 61.9 cm³/mol. The first-order valence-corrected chi connectivity index (χ1v) is 6.24. The Labute approximate surface area is 97.1 Å². The molecule has 3 atom stereocenters. The van der Waals surface area contributed by atoms with Crippen molar-refractivity contribution in [3.05, 3.63) is 0 Å². The lowest BCUT2D eigenvalue weighted by Gasteiger charge is -2.20. The smallest absolute Gasteiger partial charge is 0.225 e. The standard InChI is InChI=1S/C12H22N2O2/c1-16-8-9-4-5-14(7-9)12(15)10-2-3-11(13)6-10/h9-11H,2-8,13H2,1H3. The van der Waals surface area contributed by atoms with Crippen LogP contribution in [0.2, 0.25) is 0 Å². The van der Waals surface area contributed by atoms with Crippen LogP contribution in [0, 0.1) is 11.8 Å². The van der Waals surface area contributed by atoms with Gasteiger partial charge < -0.3 is 15.4 Å². The highest BCUT2D eigenvalue weighted by molar-refractivity contribution is 5.79. The lowest BCUT2D eigenvalue weighted by Crippen LogP contribution is -2.34. The van der Waals surface area contributed by atoms with E-state index in [9.17, 15) is 4.79 Å². The van der Waals surface area contributed by atoms with Crippen LogP contribution in [0.4, 0.5) is 0 Å². The SMILES string of the molecule is COCC1CCN(C(=O)C2CCC(N)C2)C1. The number of hydrogen-bond donors (Lipinski definition) is 1. The van der Waals surface area contributed by atoms with Gasteiger partial charge in [0.15, 0.2) is 0 Å². The van der Waals surface area contributed by atoms with Crippen molar-refractivity contribution in [2.75, 3.05) is 26.8 Å². The van der Waals surface area contributed by atoms with E-state index in [0.29, 0.717) is 11.8 Å². The number of hydrogen-bond acceptors (Lipinski definition) is 3. The van der Waals surface area contributed by atoms with Gasteiger partial charge in [-0.25, -0.2) is 0 Å². The van der Waals surface area contributed by atoms with Crippen molar-refractivity contribution in [2.24, 2.45) is 17.6 Å². The lowest BCUT2D eigenvalue weighted by atomic mass is 10.1. The molecule has 16 heavy (non-hydrogen) atoms. The van der Waals surface area contributed by atoms with Gasteiger partial charge in [0.25, 0.3) is 0 Å². The molecule has 3 unspecified atom stereocenters. The third-order valence-corrected chi connectivity index (χ3v) is 3.82. The third kappa shape index (κ3) is 2.55. The summed E-state index contributed by atoms with van der Waals surface area (Å²) in [4.78, 5) is 14.2. The molecule has 4 nitrogen and oxygen atoms in total. The summed E-state index contributed by atoms with van der Waals surface area (Å²) in [7, 11) is 1.72. The number of likely N-dealkylation sites (tertiary alicyclic amines) is 1. The van der Waals surface area contributed by atoms with Gasteiger partial charge in [-0.3, -0.25) is 4.79 Å². The number of amides is 1. The van der Waals surface area contributed by atoms with E-state index < -0.39 is 0 Å². The van der Waals surface area contributed by atoms with Gasteiger partial charge in [0.05, 0.1) is 6.61 Å². The lowest BCUT2D eigenvalue weighted by molar-refractivity contribution is -0.134. The summed E-state index contributed by atoms with van der Waals surface area (Å²) in [6.45, 7) is 2.55. The zero-order valence-electron chi connectivity index (χ0n) is 10.0. The molecule has 1 aliphatic heterocycles. The monoisotopic (exact) mass is 226 g/mol. The second-order valence-corrected chi connectivity index (χ2v) is 5.16. The minimum absolute atomic E-state index is 0.191. The Bertz CT molecular complexity index is 257. The van der Waals surface area contributed by atoms with E-state index >= 15 is 0 Å². The molecule has 0 bridgehead atoms. The topological polar surface area (TPSA) is 55.6 Å². The summed E-state index contributed by atoms with van der Waals surface area (Å²) < 4.78 is 5.14. The molecule has 1 aliphatic carbocycles. The second kappa shape index (κ2) is 5.15. The highest BCUT2D eigenvalue weighted by atomic mass is 16.5. The molecular weight excluding hydrogens is 204 g/mol. The number of rotatable bonds is 3. The Kier molecular flexibility index (Phi) is 3.82. The number of nitrogens with zero attached hydrogens (tertiary/aromatic N) is 1. The molecule has 0 radical (unpaired) electrons. The third-order valence-electron chi connectivity index (χ3n) is 3.82. The summed E-state index contributed by atoms with van der Waals surface area (Å²) in [5.74, 6) is 1.05. The minimum Gasteiger partial charge on any atom is -0.384 e. The van der Waals surface area contributed by atoms with Crippen molar-refractivity contribution in [1.82, 2.24) is 4.90 Å². The molecule has 4 heteroatoms. The summed E-state index contributed by atoms with van der Waals surface area (Å²) in [5.41, 5.74) is 5.85. The van der Waals surface area contributed by atoms with Gasteiger partial charge in [0.2, 0.25) is 5.91 Å². The quantitative estimate of drug-likeness (QED) is 0.767. The molecule has 0 aromatic heterocycles. The molecule has 1 heterocycles. The van der Waals surface area contributed by atoms with Crippen LogP contribution in [0.3, 0.4) is 0 Å². The maximum absolute atomic E-state index is 12.2. The first kappa shape index (κ1) is 11.9. The molecule has 1 saturated carbocycles. The van der Waals surface area contributed by atoms with Crippen molar-refractivity contribution in [2.45, 2.75) is 31.7 Å². The molecule has 2 N–H and O–H groups in total. The Morgan fingerprint density at radius 2 is 2.25 bits per heavy atom. The zero-order valence-corrected chi connectivity index (χ0v) is 10.0. The fourth-order valence-corrected chi connectivity index (χ4v) is 2.90. The van der Waals surface area contributed by atoms with Crippen molar-refractivity contribution in [3.63, 3.8) is 0 Å². The number of nitrogens with two attached hydrogens (primary N) is 1. The van der Waals surface area contributed by atoms with Gasteiger partial charge in [-0.05, 0) is 25.7 Å². The van der Waals surface area contributed by atoms with Gasteiger partial charge >= 0.3 is 0 Å². The van der Waals surface area contributed by atoms with E-state index in [1.807, 2.05) is 4.90 Å². The number of carbonyl (C=O) groups excluding carboxylic acids is 1. The van der Waals surface area contributed by atoms with E-state index in [-0.39, 0.29) is 12.0 Å². The Morgan fingerprint density at radius 1 is 1.44 bits per heavy atom. The van der Waals surface area contributed by atoms with Crippen LogP contribution in [0.15, 0.2) is 0 Å². The Morgan fingerprint density at radius 3 is 2.88 bits per heavy atom. The van der Waals surface area contributed by atoms with Crippen molar-refractivity contribution in [3.8, 4) is 0 Å². The van der Waals surface area contributed by atoms with Gasteiger partial charge in [-0.2, -0.15) is 0 Å². The summed E-state index contributed by atoms with van der Waals surface area (Å²) in [6.07, 6.45) is 3.94. The molecular formula is C12H22N2O2. The molecule has 0 aromatic carbocycles. The fraction of sp³-hybridized carbons (Fsp3) is 0.917. The molecule has 1 saturated heterocycles. The minimum atomic E-state index is 0.191. The van der Waals surface area contributed by atoms with E-state index in [1.54, 1.807) is 7.11 Å². The molecule has 0 spiro atoms. The summed E-state index contributed by atoms with van der Waals surface area (Å²) >= 11 is 0. The predicted octanol–water partition coefficient (Wildman–Crippen LogP) is 0.609. The Hall–Kier alpha value is -0.610. The maximum Gasteiger partial charge on any atom is 0.225 e. The van der Waals surface area contributed by atoms with Crippen LogP contribution < -0.4 is 5.73 Å². The maximum atomic E-state index is 12.2. The van der Waals surface area contributed by atoms with Gasteiger partial charge in [-0.1, -0.05) is 0 Å². The van der Waals surface area contributed by atoms with Crippen LogP contribution in [0.25, 0.3) is 0 Å². The zero-order chi connectivity index (χ0) is 11.5. The highest BCUT2D eigenvalue weighted by Crippen LogP contribution is 2.28. The Balaban J connectivity index is 1.82. The number of carbonyl (C=O) groups is 1. The molecule has 1 amide bonds. The van der Waals surface area contributed by atoms with E-state index in [1.165, 1.54) is 0 Å². The number of methoxy groups -OCH3 is 1. The van der Waals surface area contributed by atoms with E-state index in [4.69, 9.17) is 10.5 Å². The van der Waals surface area contributed by atoms with Crippen LogP contribution in [0.5, 0.6) is 0 Å². The van der Waals surface area contributed by atoms with Gasteiger partial charge in [-0.15, -0.1) is 0 Å². The molecule has 2 rings (SSSR count). The molecule has 0 aromatic rings. The van der Waals surface area contributed by atoms with Crippen molar-refractivity contribution >= 4 is 5.91 Å². The fourth-order valence-electron chi connectivity index (χ4n) is 2.90. The van der Waals surface area contributed by atoms with E-state index in [2.05, 4.69) is 0 Å². The van der Waals surface area contributed by atoms with E-state index in [0.717, 1.165) is 45.4 Å². The first-order chi connectivity index (χ1) is 7.70. The van der Waals surface area contributed by atoms with Gasteiger partial charge in [0.1, 0.15) is 0 Å². The average molecular weight is 226 g/mol. The van der Waals surface area contributed by atoms with Crippen LogP contribution >= 0.6 is 0 Å². The average Bonchev–Trinajstić information content (AvgIpc) is 2.87. The van der Waals surface area contributed by atoms with Gasteiger partial charge in [0, 0.05) is 38.1 Å². The van der Waals surface area contributed by atoms with Crippen molar-refractivity contribution in [1.29, 1.82) is 0 Å². The molecule has 92 valence electrons. The largest absolute Gasteiger partial charge is 0.384 e. The second-order valence-electron chi connectivity index (χ2n) is 5.16. The van der Waals surface area contributed by atoms with Crippen molar-refractivity contribution < 1.29 is 9.53 Å². The van der Waals surface area contributed by atoms with Crippen LogP contribution in [-0.2, 0) is 9.53 Å².